The van der Waals surface area contributed by atoms with Crippen LogP contribution in [0.4, 0.5) is 0 Å². The molecular formula is C19H22N4O2S. The van der Waals surface area contributed by atoms with Crippen LogP contribution in [0.25, 0.3) is 22.3 Å². The average Bonchev–Trinajstić information content (AvgIpc) is 3.23. The SMILES string of the molecule is CCC(C)n1nc(-c2cc3ccccc3cn2)nc1C1CCCS1(=O)=O. The Bertz CT molecular complexity index is 1060. The quantitative estimate of drug-likeness (QED) is 0.699. The number of benzene rings is 1. The van der Waals surface area contributed by atoms with E-state index in [0.717, 1.165) is 17.2 Å². The number of nitrogens with zero attached hydrogens (tertiary/aromatic N) is 4. The smallest absolute Gasteiger partial charge is 0.200 e. The second kappa shape index (κ2) is 6.46. The average molecular weight is 370 g/mol. The normalized spacial score (nSPS) is 20.5. The fourth-order valence-corrected chi connectivity index (χ4v) is 5.31. The summed E-state index contributed by atoms with van der Waals surface area (Å²) in [6.45, 7) is 4.10. The Morgan fingerprint density at radius 2 is 2.04 bits per heavy atom. The Kier molecular flexibility index (Phi) is 4.26. The van der Waals surface area contributed by atoms with Crippen LogP contribution < -0.4 is 0 Å². The number of sulfone groups is 1. The van der Waals surface area contributed by atoms with E-state index in [2.05, 4.69) is 22.0 Å². The first-order valence-corrected chi connectivity index (χ1v) is 10.7. The minimum Gasteiger partial charge on any atom is -0.252 e. The van der Waals surface area contributed by atoms with Crippen molar-refractivity contribution in [2.75, 3.05) is 5.75 Å². The molecule has 0 bridgehead atoms. The lowest BCUT2D eigenvalue weighted by molar-refractivity contribution is 0.451. The number of hydrogen-bond acceptors (Lipinski definition) is 5. The zero-order valence-electron chi connectivity index (χ0n) is 15.0. The molecule has 1 saturated heterocycles. The topological polar surface area (TPSA) is 77.7 Å². The van der Waals surface area contributed by atoms with E-state index in [1.54, 1.807) is 10.9 Å². The first-order valence-electron chi connectivity index (χ1n) is 9.03. The maximum absolute atomic E-state index is 12.4. The molecule has 0 N–H and O–H groups in total. The largest absolute Gasteiger partial charge is 0.252 e. The molecule has 2 aromatic heterocycles. The molecule has 0 saturated carbocycles. The number of pyridine rings is 1. The first-order chi connectivity index (χ1) is 12.5. The molecule has 3 heterocycles. The van der Waals surface area contributed by atoms with Crippen LogP contribution in [0.5, 0.6) is 0 Å². The van der Waals surface area contributed by atoms with E-state index in [4.69, 9.17) is 0 Å². The summed E-state index contributed by atoms with van der Waals surface area (Å²) >= 11 is 0. The molecule has 6 nitrogen and oxygen atoms in total. The maximum atomic E-state index is 12.4. The summed E-state index contributed by atoms with van der Waals surface area (Å²) in [6, 6.07) is 10.0. The molecule has 0 aliphatic carbocycles. The molecule has 0 radical (unpaired) electrons. The van der Waals surface area contributed by atoms with Gasteiger partial charge in [-0.15, -0.1) is 5.10 Å². The van der Waals surface area contributed by atoms with Gasteiger partial charge in [-0.1, -0.05) is 31.2 Å². The molecule has 3 aromatic rings. The molecule has 1 aliphatic heterocycles. The highest BCUT2D eigenvalue weighted by molar-refractivity contribution is 7.91. The summed E-state index contributed by atoms with van der Waals surface area (Å²) in [6.07, 6.45) is 3.96. The van der Waals surface area contributed by atoms with Gasteiger partial charge < -0.3 is 0 Å². The molecule has 26 heavy (non-hydrogen) atoms. The lowest BCUT2D eigenvalue weighted by Crippen LogP contribution is -2.17. The molecule has 1 fully saturated rings. The molecule has 1 aliphatic rings. The Labute approximate surface area is 153 Å². The third kappa shape index (κ3) is 2.90. The highest BCUT2D eigenvalue weighted by Gasteiger charge is 2.37. The van der Waals surface area contributed by atoms with Gasteiger partial charge in [0.1, 0.15) is 16.8 Å². The lowest BCUT2D eigenvalue weighted by atomic mass is 10.1. The lowest BCUT2D eigenvalue weighted by Gasteiger charge is -2.15. The predicted molar refractivity (Wildman–Crippen MR) is 102 cm³/mol. The Morgan fingerprint density at radius 1 is 1.27 bits per heavy atom. The van der Waals surface area contributed by atoms with Gasteiger partial charge in [0.25, 0.3) is 0 Å². The molecule has 7 heteroatoms. The van der Waals surface area contributed by atoms with Crippen LogP contribution >= 0.6 is 0 Å². The zero-order chi connectivity index (χ0) is 18.3. The van der Waals surface area contributed by atoms with Gasteiger partial charge in [0.2, 0.25) is 0 Å². The van der Waals surface area contributed by atoms with Crippen LogP contribution in [0.2, 0.25) is 0 Å². The van der Waals surface area contributed by atoms with Crippen LogP contribution in [0.15, 0.2) is 36.5 Å². The van der Waals surface area contributed by atoms with Crippen molar-refractivity contribution in [3.05, 3.63) is 42.4 Å². The van der Waals surface area contributed by atoms with Crippen LogP contribution in [0, 0.1) is 0 Å². The number of aromatic nitrogens is 4. The number of hydrogen-bond donors (Lipinski definition) is 0. The first kappa shape index (κ1) is 17.1. The predicted octanol–water partition coefficient (Wildman–Crippen LogP) is 3.71. The molecular weight excluding hydrogens is 348 g/mol. The Morgan fingerprint density at radius 3 is 2.73 bits per heavy atom. The highest BCUT2D eigenvalue weighted by atomic mass is 32.2. The van der Waals surface area contributed by atoms with E-state index in [1.807, 2.05) is 37.3 Å². The third-order valence-corrected chi connectivity index (χ3v) is 7.31. The molecule has 0 spiro atoms. The van der Waals surface area contributed by atoms with E-state index in [1.165, 1.54) is 0 Å². The molecule has 2 atom stereocenters. The van der Waals surface area contributed by atoms with Gasteiger partial charge in [0, 0.05) is 11.6 Å². The van der Waals surface area contributed by atoms with E-state index >= 15 is 0 Å². The minimum atomic E-state index is -3.15. The van der Waals surface area contributed by atoms with E-state index in [9.17, 15) is 8.42 Å². The molecule has 1 aromatic carbocycles. The van der Waals surface area contributed by atoms with Crippen LogP contribution in [0.1, 0.15) is 50.2 Å². The zero-order valence-corrected chi connectivity index (χ0v) is 15.8. The van der Waals surface area contributed by atoms with Crippen molar-refractivity contribution in [3.63, 3.8) is 0 Å². The maximum Gasteiger partial charge on any atom is 0.200 e. The summed E-state index contributed by atoms with van der Waals surface area (Å²) in [5, 5.41) is 6.20. The van der Waals surface area contributed by atoms with Crippen molar-refractivity contribution in [1.29, 1.82) is 0 Å². The second-order valence-electron chi connectivity index (χ2n) is 6.91. The van der Waals surface area contributed by atoms with Crippen molar-refractivity contribution in [3.8, 4) is 11.5 Å². The van der Waals surface area contributed by atoms with Gasteiger partial charge in [-0.25, -0.2) is 18.1 Å². The van der Waals surface area contributed by atoms with Crippen molar-refractivity contribution < 1.29 is 8.42 Å². The van der Waals surface area contributed by atoms with Gasteiger partial charge in [-0.05, 0) is 37.6 Å². The summed E-state index contributed by atoms with van der Waals surface area (Å²) in [5.41, 5.74) is 0.669. The van der Waals surface area contributed by atoms with Gasteiger partial charge in [-0.3, -0.25) is 4.98 Å². The van der Waals surface area contributed by atoms with Crippen molar-refractivity contribution in [1.82, 2.24) is 19.7 Å². The van der Waals surface area contributed by atoms with Gasteiger partial charge in [0.05, 0.1) is 11.8 Å². The standard InChI is InChI=1S/C19H22N4O2S/c1-3-13(2)23-19(17-9-6-10-26(17,24)25)21-18(22-23)16-11-14-7-4-5-8-15(14)12-20-16/h4-5,7-8,11-13,17H,3,6,9-10H2,1-2H3. The van der Waals surface area contributed by atoms with E-state index in [0.29, 0.717) is 30.2 Å². The molecule has 0 amide bonds. The molecule has 2 unspecified atom stereocenters. The molecule has 136 valence electrons. The fourth-order valence-electron chi connectivity index (χ4n) is 3.45. The second-order valence-corrected chi connectivity index (χ2v) is 9.21. The number of rotatable bonds is 4. The summed E-state index contributed by atoms with van der Waals surface area (Å²) < 4.78 is 26.7. The van der Waals surface area contributed by atoms with E-state index < -0.39 is 15.1 Å². The van der Waals surface area contributed by atoms with Crippen LogP contribution in [-0.2, 0) is 9.84 Å². The van der Waals surface area contributed by atoms with Crippen LogP contribution in [-0.4, -0.2) is 33.9 Å². The highest BCUT2D eigenvalue weighted by Crippen LogP contribution is 2.36. The van der Waals surface area contributed by atoms with Crippen LogP contribution in [0.3, 0.4) is 0 Å². The fraction of sp³-hybridized carbons (Fsp3) is 0.421. The third-order valence-electron chi connectivity index (χ3n) is 5.14. The minimum absolute atomic E-state index is 0.0857. The Balaban J connectivity index is 1.84. The van der Waals surface area contributed by atoms with Gasteiger partial charge >= 0.3 is 0 Å². The number of fused-ring (bicyclic) bond motifs is 1. The van der Waals surface area contributed by atoms with Crippen molar-refractivity contribution >= 4 is 20.6 Å². The molecule has 4 rings (SSSR count). The Hall–Kier alpha value is -2.28. The van der Waals surface area contributed by atoms with Gasteiger partial charge in [0.15, 0.2) is 15.7 Å². The summed E-state index contributed by atoms with van der Waals surface area (Å²) in [4.78, 5) is 9.14. The van der Waals surface area contributed by atoms with Gasteiger partial charge in [-0.2, -0.15) is 0 Å². The van der Waals surface area contributed by atoms with Crippen molar-refractivity contribution in [2.24, 2.45) is 0 Å². The van der Waals surface area contributed by atoms with E-state index in [-0.39, 0.29) is 11.8 Å². The monoisotopic (exact) mass is 370 g/mol. The summed E-state index contributed by atoms with van der Waals surface area (Å²) in [5.74, 6) is 1.28. The van der Waals surface area contributed by atoms with Crippen molar-refractivity contribution in [2.45, 2.75) is 44.4 Å². The summed E-state index contributed by atoms with van der Waals surface area (Å²) in [7, 11) is -3.15.